The summed E-state index contributed by atoms with van der Waals surface area (Å²) in [7, 11) is 0. The van der Waals surface area contributed by atoms with E-state index in [0.717, 1.165) is 44.2 Å². The number of carbonyl (C=O) groups is 2. The molecule has 8 rings (SSSR count). The van der Waals surface area contributed by atoms with Gasteiger partial charge in [0, 0.05) is 45.4 Å². The van der Waals surface area contributed by atoms with Gasteiger partial charge < -0.3 is 8.83 Å². The number of nitrogens with zero attached hydrogens (tertiary/aromatic N) is 2. The van der Waals surface area contributed by atoms with Crippen molar-refractivity contribution in [2.75, 3.05) is 0 Å². The second kappa shape index (κ2) is 9.10. The van der Waals surface area contributed by atoms with Crippen molar-refractivity contribution in [3.63, 3.8) is 0 Å². The normalized spacial score (nSPS) is 17.7. The monoisotopic (exact) mass is 640 g/mol. The zero-order valence-electron chi connectivity index (χ0n) is 30.1. The summed E-state index contributed by atoms with van der Waals surface area (Å²) in [4.78, 5) is 31.9. The first-order valence-electron chi connectivity index (χ1n) is 16.9. The Morgan fingerprint density at radius 3 is 1.17 bits per heavy atom. The lowest BCUT2D eigenvalue weighted by Crippen LogP contribution is -2.26. The minimum absolute atomic E-state index is 0.0763. The van der Waals surface area contributed by atoms with Crippen LogP contribution in [0.3, 0.4) is 0 Å². The van der Waals surface area contributed by atoms with Crippen LogP contribution in [0.5, 0.6) is 0 Å². The molecule has 0 bridgehead atoms. The molecule has 0 fully saturated rings. The summed E-state index contributed by atoms with van der Waals surface area (Å²) in [5, 5.41) is 1.98. The number of furan rings is 2. The molecule has 0 saturated heterocycles. The minimum atomic E-state index is -0.257. The Hall–Kier alpha value is -4.58. The van der Waals surface area contributed by atoms with Crippen molar-refractivity contribution in [1.82, 2.24) is 9.80 Å². The molecule has 0 radical (unpaired) electrons. The lowest BCUT2D eigenvalue weighted by Gasteiger charge is -2.25. The van der Waals surface area contributed by atoms with Gasteiger partial charge in [-0.2, -0.15) is 0 Å². The molecular formula is C42H44N2O4. The molecule has 0 saturated carbocycles. The number of carbonyl (C=O) groups excluding carboxylic acids is 2. The first kappa shape index (κ1) is 30.7. The Kier molecular flexibility index (Phi) is 5.83. The Labute approximate surface area is 282 Å². The maximum Gasteiger partial charge on any atom is 0.265 e. The molecule has 4 aliphatic heterocycles. The van der Waals surface area contributed by atoms with Gasteiger partial charge in [-0.1, -0.05) is 95.2 Å². The predicted molar refractivity (Wildman–Crippen MR) is 193 cm³/mol. The van der Waals surface area contributed by atoms with Crippen molar-refractivity contribution in [1.29, 1.82) is 0 Å². The molecule has 4 aliphatic rings. The van der Waals surface area contributed by atoms with Crippen LogP contribution in [0.4, 0.5) is 0 Å². The molecule has 4 aromatic rings. The van der Waals surface area contributed by atoms with Crippen molar-refractivity contribution >= 4 is 57.3 Å². The van der Waals surface area contributed by atoms with Gasteiger partial charge in [0.1, 0.15) is 22.6 Å². The molecule has 0 spiro atoms. The lowest BCUT2D eigenvalue weighted by molar-refractivity contribution is -0.122. The van der Waals surface area contributed by atoms with E-state index in [-0.39, 0.29) is 33.5 Å². The van der Waals surface area contributed by atoms with Crippen LogP contribution >= 0.6 is 0 Å². The average Bonchev–Trinajstić information content (AvgIpc) is 3.68. The topological polar surface area (TPSA) is 66.9 Å². The van der Waals surface area contributed by atoms with Crippen molar-refractivity contribution in [3.05, 3.63) is 92.7 Å². The molecule has 0 aliphatic carbocycles. The molecule has 6 heterocycles. The maximum absolute atomic E-state index is 14.4. The van der Waals surface area contributed by atoms with Crippen LogP contribution in [0.25, 0.3) is 45.5 Å². The van der Waals surface area contributed by atoms with Crippen molar-refractivity contribution in [2.45, 2.75) is 105 Å². The van der Waals surface area contributed by atoms with Crippen LogP contribution < -0.4 is 0 Å². The second-order valence-electron chi connectivity index (χ2n) is 17.9. The summed E-state index contributed by atoms with van der Waals surface area (Å²) < 4.78 is 13.5. The third kappa shape index (κ3) is 4.04. The summed E-state index contributed by atoms with van der Waals surface area (Å²) in [6.45, 7) is 26.4. The lowest BCUT2D eigenvalue weighted by atomic mass is 9.79. The summed E-state index contributed by atoms with van der Waals surface area (Å²) >= 11 is 0. The minimum Gasteiger partial charge on any atom is -0.454 e. The number of rotatable bonds is 0. The third-order valence-corrected chi connectivity index (χ3v) is 10.3. The molecule has 0 N–H and O–H groups in total. The molecule has 0 atom stereocenters. The quantitative estimate of drug-likeness (QED) is 0.192. The van der Waals surface area contributed by atoms with E-state index in [0.29, 0.717) is 34.1 Å². The van der Waals surface area contributed by atoms with Gasteiger partial charge in [0.2, 0.25) is 0 Å². The van der Waals surface area contributed by atoms with E-state index in [9.17, 15) is 9.59 Å². The van der Waals surface area contributed by atoms with E-state index in [1.165, 1.54) is 11.1 Å². The number of fused-ring (bicyclic) bond motifs is 11. The van der Waals surface area contributed by atoms with E-state index in [1.54, 1.807) is 22.2 Å². The molecule has 246 valence electrons. The molecule has 2 aromatic carbocycles. The van der Waals surface area contributed by atoms with Crippen LogP contribution in [0.2, 0.25) is 0 Å². The van der Waals surface area contributed by atoms with E-state index in [1.807, 2.05) is 12.2 Å². The number of hydrogen-bond acceptors (Lipinski definition) is 4. The highest BCUT2D eigenvalue weighted by Gasteiger charge is 2.52. The van der Waals surface area contributed by atoms with Crippen LogP contribution in [0.15, 0.2) is 56.6 Å². The van der Waals surface area contributed by atoms with Gasteiger partial charge >= 0.3 is 0 Å². The van der Waals surface area contributed by atoms with Crippen molar-refractivity contribution in [2.24, 2.45) is 0 Å². The molecule has 6 nitrogen and oxygen atoms in total. The zero-order valence-corrected chi connectivity index (χ0v) is 30.1. The Balaban J connectivity index is 1.41. The molecule has 6 heteroatoms. The Morgan fingerprint density at radius 1 is 0.500 bits per heavy atom. The number of benzene rings is 2. The van der Waals surface area contributed by atoms with Crippen LogP contribution in [-0.4, -0.2) is 21.6 Å². The zero-order chi connectivity index (χ0) is 34.6. The molecule has 2 aromatic heterocycles. The second-order valence-corrected chi connectivity index (χ2v) is 17.9. The fourth-order valence-electron chi connectivity index (χ4n) is 7.47. The number of hydrogen-bond donors (Lipinski definition) is 0. The molecule has 48 heavy (non-hydrogen) atoms. The average molecular weight is 641 g/mol. The van der Waals surface area contributed by atoms with E-state index in [2.05, 4.69) is 107 Å². The largest absolute Gasteiger partial charge is 0.454 e. The van der Waals surface area contributed by atoms with E-state index < -0.39 is 0 Å². The third-order valence-electron chi connectivity index (χ3n) is 10.3. The summed E-state index contributed by atoms with van der Waals surface area (Å²) in [5.41, 5.74) is 9.18. The van der Waals surface area contributed by atoms with Crippen LogP contribution in [-0.2, 0) is 31.2 Å². The fraction of sp³-hybridized carbons (Fsp3) is 0.381. The van der Waals surface area contributed by atoms with Gasteiger partial charge in [0.15, 0.2) is 11.5 Å². The highest BCUT2D eigenvalue weighted by Crippen LogP contribution is 2.54. The van der Waals surface area contributed by atoms with Crippen LogP contribution in [0, 0.1) is 0 Å². The highest BCUT2D eigenvalue weighted by molar-refractivity contribution is 6.32. The first-order valence-corrected chi connectivity index (χ1v) is 16.9. The number of amides is 2. The van der Waals surface area contributed by atoms with Crippen molar-refractivity contribution < 1.29 is 18.4 Å². The van der Waals surface area contributed by atoms with Gasteiger partial charge in [0.25, 0.3) is 11.8 Å². The van der Waals surface area contributed by atoms with Gasteiger partial charge in [-0.05, 0) is 57.1 Å². The van der Waals surface area contributed by atoms with Crippen LogP contribution in [0.1, 0.15) is 128 Å². The maximum atomic E-state index is 14.4. The standard InChI is InChI=1S/C42H44N2O4/c1-39(2,3)21-17-25-23-13-15-43-31(35(23)47-33(25)27(19-21)41(7,8)9)29-30(38(43)46)32-36-24(14-16-44(32)37(29)45)26-18-22(40(4,5)6)20-28(34(26)48-36)42(10,11)12/h13-20H,1-12H3. The summed E-state index contributed by atoms with van der Waals surface area (Å²) in [6.07, 6.45) is 7.48. The Morgan fingerprint density at radius 2 is 0.854 bits per heavy atom. The molecular weight excluding hydrogens is 596 g/mol. The Bertz CT molecular complexity index is 2140. The molecule has 0 unspecified atom stereocenters. The predicted octanol–water partition coefficient (Wildman–Crippen LogP) is 10.1. The van der Waals surface area contributed by atoms with Gasteiger partial charge in [-0.25, -0.2) is 0 Å². The van der Waals surface area contributed by atoms with Gasteiger partial charge in [-0.15, -0.1) is 0 Å². The fourth-order valence-corrected chi connectivity index (χ4v) is 7.47. The van der Waals surface area contributed by atoms with E-state index >= 15 is 0 Å². The smallest absolute Gasteiger partial charge is 0.265 e. The van der Waals surface area contributed by atoms with Crippen molar-refractivity contribution in [3.8, 4) is 0 Å². The molecule has 2 amide bonds. The van der Waals surface area contributed by atoms with E-state index in [4.69, 9.17) is 8.83 Å². The summed E-state index contributed by atoms with van der Waals surface area (Å²) in [5.74, 6) is 0.588. The summed E-state index contributed by atoms with van der Waals surface area (Å²) in [6, 6.07) is 8.90. The van der Waals surface area contributed by atoms with Gasteiger partial charge in [-0.3, -0.25) is 19.4 Å². The highest BCUT2D eigenvalue weighted by atomic mass is 16.3. The van der Waals surface area contributed by atoms with Gasteiger partial charge in [0.05, 0.1) is 11.1 Å². The first-order chi connectivity index (χ1) is 22.2. The SMILES string of the molecule is CC(C)(C)c1cc(C(C)(C)C)c2oc3c(c2c1)C=CN1C(=O)C2=C4c5oc6c(C(C)(C)C)cc(C(C)(C)C)cc6c5C=CN4C(=O)C2=C31.